The maximum Gasteiger partial charge on any atom is 0.126 e. The summed E-state index contributed by atoms with van der Waals surface area (Å²) >= 11 is 0. The number of hydrogen-bond acceptors (Lipinski definition) is 3. The molecular weight excluding hydrogens is 284 g/mol. The van der Waals surface area contributed by atoms with Gasteiger partial charge in [0.25, 0.3) is 0 Å². The summed E-state index contributed by atoms with van der Waals surface area (Å²) in [5.74, 6) is 1.57. The fourth-order valence-electron chi connectivity index (χ4n) is 2.57. The van der Waals surface area contributed by atoms with Crippen molar-refractivity contribution in [2.75, 3.05) is 5.73 Å². The molecule has 2 aromatic rings. The Bertz CT molecular complexity index is 763. The van der Waals surface area contributed by atoms with Crippen LogP contribution in [0.15, 0.2) is 42.0 Å². The van der Waals surface area contributed by atoms with Crippen LogP contribution in [0.4, 0.5) is 5.82 Å². The monoisotopic (exact) mass is 308 g/mol. The third-order valence-corrected chi connectivity index (χ3v) is 3.75. The van der Waals surface area contributed by atoms with Crippen LogP contribution in [-0.2, 0) is 4.74 Å². The van der Waals surface area contributed by atoms with Crippen LogP contribution in [0.3, 0.4) is 0 Å². The van der Waals surface area contributed by atoms with E-state index in [4.69, 9.17) is 10.5 Å². The quantitative estimate of drug-likeness (QED) is 0.815. The van der Waals surface area contributed by atoms with Gasteiger partial charge >= 0.3 is 0 Å². The number of aromatic nitrogens is 1. The minimum absolute atomic E-state index is 0.202. The van der Waals surface area contributed by atoms with Crippen LogP contribution in [0.2, 0.25) is 0 Å². The third kappa shape index (κ3) is 3.73. The Kier molecular flexibility index (Phi) is 3.88. The summed E-state index contributed by atoms with van der Waals surface area (Å²) in [5, 5.41) is 0. The standard InChI is InChI=1S/C20H24N2O/c1-13-8-11-17(21)22-18(13)15-6-5-7-16(12-15)19(14-9-10-14)23-20(2,3)4/h5-8,11-12H,9-10H2,1-4H3,(H2,21,22). The number of nitrogens with zero attached hydrogens (tertiary/aromatic N) is 1. The van der Waals surface area contributed by atoms with E-state index in [0.717, 1.165) is 41.0 Å². The molecule has 0 unspecified atom stereocenters. The molecule has 120 valence electrons. The van der Waals surface area contributed by atoms with Gasteiger partial charge in [-0.3, -0.25) is 0 Å². The lowest BCUT2D eigenvalue weighted by Gasteiger charge is -2.24. The third-order valence-electron chi connectivity index (χ3n) is 3.75. The van der Waals surface area contributed by atoms with Crippen molar-refractivity contribution in [3.05, 3.63) is 53.1 Å². The second-order valence-corrected chi connectivity index (χ2v) is 7.13. The van der Waals surface area contributed by atoms with Crippen molar-refractivity contribution in [2.45, 2.75) is 46.1 Å². The lowest BCUT2D eigenvalue weighted by Crippen LogP contribution is -2.18. The van der Waals surface area contributed by atoms with Gasteiger partial charge in [-0.1, -0.05) is 24.3 Å². The lowest BCUT2D eigenvalue weighted by atomic mass is 10.0. The van der Waals surface area contributed by atoms with Crippen molar-refractivity contribution in [3.63, 3.8) is 0 Å². The van der Waals surface area contributed by atoms with Crippen LogP contribution in [0, 0.1) is 6.92 Å². The van der Waals surface area contributed by atoms with Gasteiger partial charge in [0.2, 0.25) is 0 Å². The Balaban J connectivity index is 2.03. The molecule has 0 radical (unpaired) electrons. The highest BCUT2D eigenvalue weighted by Crippen LogP contribution is 2.39. The summed E-state index contributed by atoms with van der Waals surface area (Å²) in [6.45, 7) is 8.32. The first-order chi connectivity index (χ1) is 10.8. The van der Waals surface area contributed by atoms with Crippen LogP contribution in [0.1, 0.15) is 44.7 Å². The number of ether oxygens (including phenoxy) is 1. The van der Waals surface area contributed by atoms with E-state index >= 15 is 0 Å². The van der Waals surface area contributed by atoms with Gasteiger partial charge < -0.3 is 10.5 Å². The summed E-state index contributed by atoms with van der Waals surface area (Å²) < 4.78 is 6.23. The van der Waals surface area contributed by atoms with Crippen LogP contribution >= 0.6 is 0 Å². The molecule has 1 fully saturated rings. The number of pyridine rings is 1. The molecule has 0 bridgehead atoms. The van der Waals surface area contributed by atoms with E-state index in [2.05, 4.69) is 56.9 Å². The molecule has 0 aliphatic heterocycles. The van der Waals surface area contributed by atoms with Gasteiger partial charge in [-0.2, -0.15) is 0 Å². The average molecular weight is 308 g/mol. The van der Waals surface area contributed by atoms with E-state index in [1.807, 2.05) is 12.1 Å². The lowest BCUT2D eigenvalue weighted by molar-refractivity contribution is 0.0964. The first-order valence-corrected chi connectivity index (χ1v) is 8.08. The second kappa shape index (κ2) is 5.73. The van der Waals surface area contributed by atoms with Gasteiger partial charge in [-0.25, -0.2) is 4.98 Å². The predicted octanol–water partition coefficient (Wildman–Crippen LogP) is 4.96. The zero-order valence-corrected chi connectivity index (χ0v) is 14.3. The van der Waals surface area contributed by atoms with Crippen molar-refractivity contribution in [2.24, 2.45) is 0 Å². The summed E-state index contributed by atoms with van der Waals surface area (Å²) in [4.78, 5) is 4.50. The average Bonchev–Trinajstić information content (AvgIpc) is 3.31. The van der Waals surface area contributed by atoms with Crippen LogP contribution < -0.4 is 5.73 Å². The normalized spacial score (nSPS) is 13.8. The first kappa shape index (κ1) is 15.6. The van der Waals surface area contributed by atoms with Gasteiger partial charge in [0.15, 0.2) is 0 Å². The molecule has 3 nitrogen and oxygen atoms in total. The topological polar surface area (TPSA) is 48.1 Å². The zero-order valence-electron chi connectivity index (χ0n) is 14.3. The molecule has 1 aliphatic carbocycles. The molecule has 1 saturated carbocycles. The summed E-state index contributed by atoms with van der Waals surface area (Å²) in [6, 6.07) is 12.2. The molecule has 1 aliphatic rings. The molecule has 0 amide bonds. The summed E-state index contributed by atoms with van der Waals surface area (Å²) in [6.07, 6.45) is 2.26. The van der Waals surface area contributed by atoms with E-state index in [1.165, 1.54) is 5.57 Å². The van der Waals surface area contributed by atoms with Gasteiger partial charge in [-0.05, 0) is 63.8 Å². The number of benzene rings is 1. The zero-order chi connectivity index (χ0) is 16.6. The minimum Gasteiger partial charge on any atom is -0.488 e. The predicted molar refractivity (Wildman–Crippen MR) is 95.8 cm³/mol. The molecule has 2 N–H and O–H groups in total. The Morgan fingerprint density at radius 2 is 1.87 bits per heavy atom. The molecule has 3 heteroatoms. The van der Waals surface area contributed by atoms with Crippen LogP contribution in [-0.4, -0.2) is 10.6 Å². The van der Waals surface area contributed by atoms with E-state index < -0.39 is 0 Å². The molecule has 0 saturated heterocycles. The molecule has 0 atom stereocenters. The van der Waals surface area contributed by atoms with E-state index in [-0.39, 0.29) is 5.60 Å². The van der Waals surface area contributed by atoms with Crippen molar-refractivity contribution in [1.82, 2.24) is 4.98 Å². The second-order valence-electron chi connectivity index (χ2n) is 7.13. The molecule has 1 heterocycles. The number of allylic oxidation sites excluding steroid dienone is 1. The van der Waals surface area contributed by atoms with Crippen molar-refractivity contribution in [3.8, 4) is 11.3 Å². The highest BCUT2D eigenvalue weighted by Gasteiger charge is 2.25. The smallest absolute Gasteiger partial charge is 0.126 e. The number of rotatable bonds is 3. The van der Waals surface area contributed by atoms with Gasteiger partial charge in [0.05, 0.1) is 5.69 Å². The fourth-order valence-corrected chi connectivity index (χ4v) is 2.57. The molecule has 1 aromatic heterocycles. The van der Waals surface area contributed by atoms with Crippen molar-refractivity contribution < 1.29 is 4.74 Å². The summed E-state index contributed by atoms with van der Waals surface area (Å²) in [5.41, 5.74) is 11.3. The Labute approximate surface area is 138 Å². The van der Waals surface area contributed by atoms with Gasteiger partial charge in [0.1, 0.15) is 17.2 Å². The Morgan fingerprint density at radius 1 is 1.13 bits per heavy atom. The number of aryl methyl sites for hydroxylation is 1. The number of nitrogen functional groups attached to an aromatic ring is 1. The number of hydrogen-bond donors (Lipinski definition) is 1. The Hall–Kier alpha value is -2.29. The van der Waals surface area contributed by atoms with Crippen molar-refractivity contribution >= 4 is 11.6 Å². The largest absolute Gasteiger partial charge is 0.488 e. The highest BCUT2D eigenvalue weighted by molar-refractivity contribution is 5.73. The Morgan fingerprint density at radius 3 is 2.52 bits per heavy atom. The fraction of sp³-hybridized carbons (Fsp3) is 0.350. The maximum absolute atomic E-state index is 6.23. The van der Waals surface area contributed by atoms with Gasteiger partial charge in [0, 0.05) is 11.1 Å². The van der Waals surface area contributed by atoms with E-state index in [9.17, 15) is 0 Å². The summed E-state index contributed by atoms with van der Waals surface area (Å²) in [7, 11) is 0. The van der Waals surface area contributed by atoms with E-state index in [1.54, 1.807) is 0 Å². The highest BCUT2D eigenvalue weighted by atomic mass is 16.5. The molecule has 23 heavy (non-hydrogen) atoms. The molecular formula is C20H24N2O. The van der Waals surface area contributed by atoms with Crippen LogP contribution in [0.5, 0.6) is 0 Å². The minimum atomic E-state index is -0.202. The van der Waals surface area contributed by atoms with Gasteiger partial charge in [-0.15, -0.1) is 0 Å². The SMILES string of the molecule is Cc1ccc(N)nc1-c1cccc(C(OC(C)(C)C)=C2CC2)c1. The molecule has 0 spiro atoms. The number of nitrogens with two attached hydrogens (primary N) is 1. The molecule has 1 aromatic carbocycles. The van der Waals surface area contributed by atoms with Crippen LogP contribution in [0.25, 0.3) is 17.0 Å². The van der Waals surface area contributed by atoms with Crippen molar-refractivity contribution in [1.29, 1.82) is 0 Å². The maximum atomic E-state index is 6.23. The number of anilines is 1. The first-order valence-electron chi connectivity index (χ1n) is 8.08. The molecule has 3 rings (SSSR count). The van der Waals surface area contributed by atoms with E-state index in [0.29, 0.717) is 5.82 Å².